The Balaban J connectivity index is 1.46. The van der Waals surface area contributed by atoms with Crippen LogP contribution in [-0.2, 0) is 6.54 Å². The largest absolute Gasteiger partial charge is 0.487 e. The van der Waals surface area contributed by atoms with Gasteiger partial charge in [-0.1, -0.05) is 53.7 Å². The van der Waals surface area contributed by atoms with E-state index in [1.165, 1.54) is 5.56 Å². The average Bonchev–Trinajstić information content (AvgIpc) is 2.64. The van der Waals surface area contributed by atoms with E-state index < -0.39 is 0 Å². The van der Waals surface area contributed by atoms with Crippen molar-refractivity contribution < 1.29 is 4.74 Å². The molecule has 0 N–H and O–H groups in total. The molecule has 24 heavy (non-hydrogen) atoms. The normalized spacial score (nSPS) is 22.6. The van der Waals surface area contributed by atoms with E-state index in [4.69, 9.17) is 4.74 Å². The maximum Gasteiger partial charge on any atom is 0.125 e. The van der Waals surface area contributed by atoms with Gasteiger partial charge in [-0.15, -0.1) is 0 Å². The van der Waals surface area contributed by atoms with E-state index in [0.29, 0.717) is 6.42 Å². The van der Waals surface area contributed by atoms with Gasteiger partial charge >= 0.3 is 0 Å². The van der Waals surface area contributed by atoms with E-state index in [1.54, 1.807) is 0 Å². The van der Waals surface area contributed by atoms with Gasteiger partial charge in [-0.3, -0.25) is 4.90 Å². The van der Waals surface area contributed by atoms with E-state index in [-0.39, 0.29) is 11.6 Å². The van der Waals surface area contributed by atoms with E-state index in [0.717, 1.165) is 43.8 Å². The number of nitrogens with zero attached hydrogens (tertiary/aromatic N) is 2. The highest BCUT2D eigenvalue weighted by Crippen LogP contribution is 2.45. The van der Waals surface area contributed by atoms with E-state index in [1.807, 2.05) is 24.3 Å². The molecule has 0 bridgehead atoms. The second-order valence-electron chi connectivity index (χ2n) is 6.91. The minimum absolute atomic E-state index is 0.236. The summed E-state index contributed by atoms with van der Waals surface area (Å²) in [5, 5.41) is 3.38. The molecule has 0 aliphatic carbocycles. The highest BCUT2D eigenvalue weighted by Gasteiger charge is 2.43. The smallest absolute Gasteiger partial charge is 0.125 e. The second-order valence-corrected chi connectivity index (χ2v) is 6.91. The zero-order valence-corrected chi connectivity index (χ0v) is 13.7. The van der Waals surface area contributed by atoms with Gasteiger partial charge in [0.25, 0.3) is 0 Å². The Morgan fingerprint density at radius 2 is 1.75 bits per heavy atom. The fourth-order valence-corrected chi connectivity index (χ4v) is 3.95. The van der Waals surface area contributed by atoms with Crippen LogP contribution in [-0.4, -0.2) is 23.6 Å². The molecule has 0 saturated carbocycles. The SMILES string of the molecule is O=NC1CC2(CCN(Cc3ccccc3)CC2)Oc2ccccc21. The third kappa shape index (κ3) is 2.94. The third-order valence-corrected chi connectivity index (χ3v) is 5.31. The number of nitroso groups, excluding NO2 is 1. The summed E-state index contributed by atoms with van der Waals surface area (Å²) in [6.07, 6.45) is 2.59. The summed E-state index contributed by atoms with van der Waals surface area (Å²) in [5.41, 5.74) is 2.04. The van der Waals surface area contributed by atoms with Crippen LogP contribution in [0.5, 0.6) is 5.75 Å². The topological polar surface area (TPSA) is 41.9 Å². The van der Waals surface area contributed by atoms with Crippen molar-refractivity contribution in [2.75, 3.05) is 13.1 Å². The minimum atomic E-state index is -0.282. The first-order valence-electron chi connectivity index (χ1n) is 8.65. The van der Waals surface area contributed by atoms with Crippen LogP contribution in [0.2, 0.25) is 0 Å². The van der Waals surface area contributed by atoms with Gasteiger partial charge in [0.2, 0.25) is 0 Å². The molecule has 1 unspecified atom stereocenters. The van der Waals surface area contributed by atoms with Gasteiger partial charge in [0.05, 0.1) is 0 Å². The number of rotatable bonds is 3. The molecular weight excluding hydrogens is 300 g/mol. The summed E-state index contributed by atoms with van der Waals surface area (Å²) in [6.45, 7) is 2.95. The first kappa shape index (κ1) is 15.3. The number of fused-ring (bicyclic) bond motifs is 1. The van der Waals surface area contributed by atoms with Crippen LogP contribution >= 0.6 is 0 Å². The van der Waals surface area contributed by atoms with Crippen LogP contribution in [0.1, 0.15) is 36.4 Å². The molecule has 2 aromatic carbocycles. The molecule has 124 valence electrons. The Hall–Kier alpha value is -2.20. The fourth-order valence-electron chi connectivity index (χ4n) is 3.95. The van der Waals surface area contributed by atoms with Gasteiger partial charge in [0.15, 0.2) is 0 Å². The molecule has 4 rings (SSSR count). The van der Waals surface area contributed by atoms with Gasteiger partial charge < -0.3 is 4.74 Å². The summed E-state index contributed by atoms with van der Waals surface area (Å²) in [5.74, 6) is 0.838. The van der Waals surface area contributed by atoms with Crippen LogP contribution in [0.15, 0.2) is 59.8 Å². The molecule has 2 aliphatic rings. The van der Waals surface area contributed by atoms with E-state index >= 15 is 0 Å². The molecule has 1 spiro atoms. The molecule has 1 atom stereocenters. The number of benzene rings is 2. The Morgan fingerprint density at radius 3 is 2.50 bits per heavy atom. The first-order valence-corrected chi connectivity index (χ1v) is 8.65. The van der Waals surface area contributed by atoms with Gasteiger partial charge in [0, 0.05) is 31.6 Å². The summed E-state index contributed by atoms with van der Waals surface area (Å²) < 4.78 is 6.37. The second kappa shape index (κ2) is 6.36. The van der Waals surface area contributed by atoms with Gasteiger partial charge in [-0.2, -0.15) is 4.91 Å². The monoisotopic (exact) mass is 322 g/mol. The summed E-state index contributed by atoms with van der Waals surface area (Å²) >= 11 is 0. The number of hydrogen-bond donors (Lipinski definition) is 0. The van der Waals surface area contributed by atoms with Gasteiger partial charge in [0.1, 0.15) is 17.4 Å². The molecule has 0 amide bonds. The molecule has 0 radical (unpaired) electrons. The maximum atomic E-state index is 11.3. The van der Waals surface area contributed by atoms with Crippen molar-refractivity contribution in [1.29, 1.82) is 0 Å². The van der Waals surface area contributed by atoms with Crippen molar-refractivity contribution in [2.45, 2.75) is 37.5 Å². The Labute approximate surface area is 142 Å². The van der Waals surface area contributed by atoms with Crippen molar-refractivity contribution in [2.24, 2.45) is 5.18 Å². The molecule has 2 aliphatic heterocycles. The van der Waals surface area contributed by atoms with Gasteiger partial charge in [-0.25, -0.2) is 0 Å². The average molecular weight is 322 g/mol. The van der Waals surface area contributed by atoms with Crippen molar-refractivity contribution in [3.05, 3.63) is 70.6 Å². The lowest BCUT2D eigenvalue weighted by Crippen LogP contribution is -2.50. The first-order chi connectivity index (χ1) is 11.8. The summed E-state index contributed by atoms with van der Waals surface area (Å²) in [7, 11) is 0. The number of ether oxygens (including phenoxy) is 1. The van der Waals surface area contributed by atoms with Crippen LogP contribution in [0.3, 0.4) is 0 Å². The lowest BCUT2D eigenvalue weighted by molar-refractivity contribution is -0.0233. The summed E-state index contributed by atoms with van der Waals surface area (Å²) in [4.78, 5) is 13.8. The zero-order chi connectivity index (χ0) is 16.4. The Bertz CT molecular complexity index is 709. The molecule has 4 heteroatoms. The van der Waals surface area contributed by atoms with E-state index in [9.17, 15) is 4.91 Å². The predicted octanol–water partition coefficient (Wildman–Crippen LogP) is 4.31. The maximum absolute atomic E-state index is 11.3. The molecule has 2 aromatic rings. The molecule has 0 aromatic heterocycles. The molecule has 1 fully saturated rings. The van der Waals surface area contributed by atoms with Crippen molar-refractivity contribution in [3.8, 4) is 5.75 Å². The Kier molecular flexibility index (Phi) is 4.07. The van der Waals surface area contributed by atoms with Crippen LogP contribution < -0.4 is 4.74 Å². The molecular formula is C20H22N2O2. The molecule has 4 nitrogen and oxygen atoms in total. The zero-order valence-electron chi connectivity index (χ0n) is 13.7. The van der Waals surface area contributed by atoms with Crippen molar-refractivity contribution >= 4 is 0 Å². The number of piperidine rings is 1. The number of hydrogen-bond acceptors (Lipinski definition) is 4. The Morgan fingerprint density at radius 1 is 1.04 bits per heavy atom. The van der Waals surface area contributed by atoms with Gasteiger partial charge in [-0.05, 0) is 24.5 Å². The highest BCUT2D eigenvalue weighted by atomic mass is 16.5. The fraction of sp³-hybridized carbons (Fsp3) is 0.400. The lowest BCUT2D eigenvalue weighted by Gasteiger charge is -2.45. The van der Waals surface area contributed by atoms with Crippen molar-refractivity contribution in [3.63, 3.8) is 0 Å². The van der Waals surface area contributed by atoms with Crippen LogP contribution in [0.4, 0.5) is 0 Å². The predicted molar refractivity (Wildman–Crippen MR) is 93.9 cm³/mol. The standard InChI is InChI=1S/C20H22N2O2/c23-21-18-14-20(24-19-9-5-4-8-17(18)19)10-12-22(13-11-20)15-16-6-2-1-3-7-16/h1-9,18H,10-15H2. The minimum Gasteiger partial charge on any atom is -0.487 e. The summed E-state index contributed by atoms with van der Waals surface area (Å²) in [6, 6.07) is 18.1. The van der Waals surface area contributed by atoms with Crippen LogP contribution in [0, 0.1) is 4.91 Å². The number of para-hydroxylation sites is 1. The van der Waals surface area contributed by atoms with Crippen molar-refractivity contribution in [1.82, 2.24) is 4.90 Å². The lowest BCUT2D eigenvalue weighted by atomic mass is 9.81. The van der Waals surface area contributed by atoms with E-state index in [2.05, 4.69) is 40.4 Å². The highest BCUT2D eigenvalue weighted by molar-refractivity contribution is 5.39. The van der Waals surface area contributed by atoms with Crippen LogP contribution in [0.25, 0.3) is 0 Å². The third-order valence-electron chi connectivity index (χ3n) is 5.31. The molecule has 2 heterocycles. The molecule has 1 saturated heterocycles. The quantitative estimate of drug-likeness (QED) is 0.791. The number of likely N-dealkylation sites (tertiary alicyclic amines) is 1.